The SMILES string of the molecule is [CH2]CCC1CCC(F)C1. The van der Waals surface area contributed by atoms with Crippen molar-refractivity contribution in [1.82, 2.24) is 0 Å². The first-order valence-electron chi connectivity index (χ1n) is 3.76. The average molecular weight is 129 g/mol. The summed E-state index contributed by atoms with van der Waals surface area (Å²) in [6.07, 6.45) is 4.29. The first kappa shape index (κ1) is 7.04. The van der Waals surface area contributed by atoms with Gasteiger partial charge in [-0.3, -0.25) is 0 Å². The number of hydrogen-bond donors (Lipinski definition) is 0. The maximum absolute atomic E-state index is 12.5. The van der Waals surface area contributed by atoms with E-state index in [4.69, 9.17) is 0 Å². The first-order chi connectivity index (χ1) is 4.33. The van der Waals surface area contributed by atoms with Crippen molar-refractivity contribution in [3.8, 4) is 0 Å². The molecule has 0 N–H and O–H groups in total. The molecule has 53 valence electrons. The molecule has 0 aromatic rings. The van der Waals surface area contributed by atoms with Crippen molar-refractivity contribution in [3.63, 3.8) is 0 Å². The van der Waals surface area contributed by atoms with Gasteiger partial charge >= 0.3 is 0 Å². The molecule has 0 aromatic carbocycles. The molecule has 0 heterocycles. The Hall–Kier alpha value is -0.0700. The summed E-state index contributed by atoms with van der Waals surface area (Å²) in [6.45, 7) is 3.75. The molecule has 1 saturated carbocycles. The molecule has 1 aliphatic carbocycles. The Morgan fingerprint density at radius 3 is 2.67 bits per heavy atom. The minimum Gasteiger partial charge on any atom is -0.247 e. The Kier molecular flexibility index (Phi) is 2.49. The zero-order valence-corrected chi connectivity index (χ0v) is 5.78. The third-order valence-electron chi connectivity index (χ3n) is 2.09. The minimum absolute atomic E-state index is 0.499. The molecule has 9 heavy (non-hydrogen) atoms. The second-order valence-corrected chi connectivity index (χ2v) is 2.92. The van der Waals surface area contributed by atoms with Gasteiger partial charge in [0, 0.05) is 0 Å². The van der Waals surface area contributed by atoms with E-state index in [9.17, 15) is 4.39 Å². The van der Waals surface area contributed by atoms with Gasteiger partial charge in [0.05, 0.1) is 0 Å². The van der Waals surface area contributed by atoms with Crippen molar-refractivity contribution in [2.45, 2.75) is 38.3 Å². The molecule has 1 radical (unpaired) electrons. The van der Waals surface area contributed by atoms with Crippen molar-refractivity contribution >= 4 is 0 Å². The molecule has 2 atom stereocenters. The quantitative estimate of drug-likeness (QED) is 0.537. The highest BCUT2D eigenvalue weighted by molar-refractivity contribution is 4.74. The van der Waals surface area contributed by atoms with Crippen LogP contribution in [0.4, 0.5) is 4.39 Å². The second kappa shape index (κ2) is 3.19. The van der Waals surface area contributed by atoms with Gasteiger partial charge in [-0.2, -0.15) is 0 Å². The normalized spacial score (nSPS) is 35.3. The fourth-order valence-corrected chi connectivity index (χ4v) is 1.56. The van der Waals surface area contributed by atoms with Crippen molar-refractivity contribution in [2.24, 2.45) is 5.92 Å². The highest BCUT2D eigenvalue weighted by Gasteiger charge is 2.22. The summed E-state index contributed by atoms with van der Waals surface area (Å²) in [4.78, 5) is 0. The molecule has 0 saturated heterocycles. The standard InChI is InChI=1S/C8H14F/c1-2-3-7-4-5-8(9)6-7/h7-8H,1-6H2. The smallest absolute Gasteiger partial charge is 0.100 e. The number of alkyl halides is 1. The molecule has 0 aromatic heterocycles. The van der Waals surface area contributed by atoms with Crippen LogP contribution in [0.1, 0.15) is 32.1 Å². The van der Waals surface area contributed by atoms with Gasteiger partial charge in [-0.1, -0.05) is 19.8 Å². The fourth-order valence-electron chi connectivity index (χ4n) is 1.56. The predicted octanol–water partition coefficient (Wildman–Crippen LogP) is 2.74. The second-order valence-electron chi connectivity index (χ2n) is 2.92. The van der Waals surface area contributed by atoms with Crippen LogP contribution in [0.5, 0.6) is 0 Å². The van der Waals surface area contributed by atoms with E-state index in [-0.39, 0.29) is 0 Å². The van der Waals surface area contributed by atoms with Crippen LogP contribution in [-0.4, -0.2) is 6.17 Å². The van der Waals surface area contributed by atoms with Gasteiger partial charge in [-0.15, -0.1) is 0 Å². The lowest BCUT2D eigenvalue weighted by Gasteiger charge is -2.03. The summed E-state index contributed by atoms with van der Waals surface area (Å²) in [5, 5.41) is 0. The fraction of sp³-hybridized carbons (Fsp3) is 0.875. The zero-order valence-electron chi connectivity index (χ0n) is 5.78. The van der Waals surface area contributed by atoms with Gasteiger partial charge in [0.1, 0.15) is 6.17 Å². The third kappa shape index (κ3) is 1.96. The van der Waals surface area contributed by atoms with E-state index in [1.54, 1.807) is 0 Å². The van der Waals surface area contributed by atoms with Crippen LogP contribution in [0.2, 0.25) is 0 Å². The van der Waals surface area contributed by atoms with Crippen LogP contribution >= 0.6 is 0 Å². The molecule has 2 unspecified atom stereocenters. The van der Waals surface area contributed by atoms with Crippen LogP contribution in [0.15, 0.2) is 0 Å². The van der Waals surface area contributed by atoms with E-state index >= 15 is 0 Å². The maximum atomic E-state index is 12.5. The van der Waals surface area contributed by atoms with Gasteiger partial charge in [-0.05, 0) is 25.2 Å². The summed E-state index contributed by atoms with van der Waals surface area (Å²) in [5.41, 5.74) is 0. The van der Waals surface area contributed by atoms with Crippen LogP contribution < -0.4 is 0 Å². The van der Waals surface area contributed by atoms with Gasteiger partial charge in [0.2, 0.25) is 0 Å². The third-order valence-corrected chi connectivity index (χ3v) is 2.09. The highest BCUT2D eigenvalue weighted by Crippen LogP contribution is 2.30. The van der Waals surface area contributed by atoms with E-state index in [1.165, 1.54) is 0 Å². The average Bonchev–Trinajstić information content (AvgIpc) is 2.17. The topological polar surface area (TPSA) is 0 Å². The maximum Gasteiger partial charge on any atom is 0.100 e. The zero-order chi connectivity index (χ0) is 6.69. The van der Waals surface area contributed by atoms with Gasteiger partial charge in [0.25, 0.3) is 0 Å². The van der Waals surface area contributed by atoms with Gasteiger partial charge in [0.15, 0.2) is 0 Å². The first-order valence-corrected chi connectivity index (χ1v) is 3.76. The number of rotatable bonds is 2. The Morgan fingerprint density at radius 2 is 2.22 bits per heavy atom. The van der Waals surface area contributed by atoms with Crippen molar-refractivity contribution < 1.29 is 4.39 Å². The van der Waals surface area contributed by atoms with Crippen LogP contribution in [0, 0.1) is 12.8 Å². The molecule has 0 amide bonds. The lowest BCUT2D eigenvalue weighted by molar-refractivity contribution is 0.328. The Bertz CT molecular complexity index is 78.6. The summed E-state index contributed by atoms with van der Waals surface area (Å²) in [6, 6.07) is 0. The predicted molar refractivity (Wildman–Crippen MR) is 36.8 cm³/mol. The van der Waals surface area contributed by atoms with Gasteiger partial charge < -0.3 is 0 Å². The summed E-state index contributed by atoms with van der Waals surface area (Å²) < 4.78 is 12.5. The molecule has 0 aliphatic heterocycles. The van der Waals surface area contributed by atoms with Crippen LogP contribution in [0.3, 0.4) is 0 Å². The summed E-state index contributed by atoms with van der Waals surface area (Å²) in [7, 11) is 0. The number of hydrogen-bond acceptors (Lipinski definition) is 0. The van der Waals surface area contributed by atoms with E-state index in [2.05, 4.69) is 6.92 Å². The largest absolute Gasteiger partial charge is 0.247 e. The molecule has 0 bridgehead atoms. The lowest BCUT2D eigenvalue weighted by atomic mass is 10.0. The van der Waals surface area contributed by atoms with E-state index in [0.29, 0.717) is 5.92 Å². The Labute approximate surface area is 56.5 Å². The summed E-state index contributed by atoms with van der Waals surface area (Å²) in [5.74, 6) is 0.650. The molecular formula is C8H14F. The lowest BCUT2D eigenvalue weighted by Crippen LogP contribution is -1.94. The van der Waals surface area contributed by atoms with E-state index < -0.39 is 6.17 Å². The van der Waals surface area contributed by atoms with Crippen LogP contribution in [0.25, 0.3) is 0 Å². The summed E-state index contributed by atoms with van der Waals surface area (Å²) >= 11 is 0. The monoisotopic (exact) mass is 129 g/mol. The molecule has 1 heteroatoms. The van der Waals surface area contributed by atoms with E-state index in [1.807, 2.05) is 0 Å². The van der Waals surface area contributed by atoms with Crippen molar-refractivity contribution in [1.29, 1.82) is 0 Å². The van der Waals surface area contributed by atoms with Crippen molar-refractivity contribution in [2.75, 3.05) is 0 Å². The van der Waals surface area contributed by atoms with Gasteiger partial charge in [-0.25, -0.2) is 4.39 Å². The Balaban J connectivity index is 2.14. The molecular weight excluding hydrogens is 115 g/mol. The Morgan fingerprint density at radius 1 is 1.44 bits per heavy atom. The molecule has 1 fully saturated rings. The molecule has 1 rings (SSSR count). The van der Waals surface area contributed by atoms with Crippen molar-refractivity contribution in [3.05, 3.63) is 6.92 Å². The molecule has 0 spiro atoms. The molecule has 0 nitrogen and oxygen atoms in total. The van der Waals surface area contributed by atoms with Crippen LogP contribution in [-0.2, 0) is 0 Å². The highest BCUT2D eigenvalue weighted by atomic mass is 19.1. The minimum atomic E-state index is -0.499. The number of halogens is 1. The van der Waals surface area contributed by atoms with E-state index in [0.717, 1.165) is 32.1 Å². The molecule has 1 aliphatic rings.